The maximum atomic E-state index is 12.4. The van der Waals surface area contributed by atoms with E-state index in [-0.39, 0.29) is 12.1 Å². The number of anilines is 1. The second-order valence-corrected chi connectivity index (χ2v) is 5.05. The molecule has 1 amide bonds. The summed E-state index contributed by atoms with van der Waals surface area (Å²) in [6.07, 6.45) is -3.77. The van der Waals surface area contributed by atoms with Crippen LogP contribution in [0.15, 0.2) is 12.4 Å². The molecule has 1 aliphatic heterocycles. The molecule has 1 N–H and O–H groups in total. The Labute approximate surface area is 119 Å². The van der Waals surface area contributed by atoms with Crippen LogP contribution in [-0.4, -0.2) is 51.2 Å². The minimum absolute atomic E-state index is 0.282. The van der Waals surface area contributed by atoms with Crippen LogP contribution in [0.1, 0.15) is 19.5 Å². The van der Waals surface area contributed by atoms with Crippen LogP contribution in [0, 0.1) is 0 Å². The molecule has 1 aromatic heterocycles. The number of halogens is 3. The molecule has 6 nitrogen and oxygen atoms in total. The molecule has 0 saturated carbocycles. The van der Waals surface area contributed by atoms with Crippen molar-refractivity contribution in [3.05, 3.63) is 18.1 Å². The molecular weight excluding hydrogens is 289 g/mol. The highest BCUT2D eigenvalue weighted by atomic mass is 19.4. The zero-order chi connectivity index (χ0) is 15.8. The van der Waals surface area contributed by atoms with E-state index in [1.54, 1.807) is 18.7 Å². The fourth-order valence-electron chi connectivity index (χ4n) is 2.52. The molecule has 9 heteroatoms. The molecule has 0 radical (unpaired) electrons. The lowest BCUT2D eigenvalue weighted by molar-refractivity contribution is -0.141. The molecule has 0 bridgehead atoms. The SMILES string of the molecule is C[C@@H]1CN(c2cnc(C(F)(F)F)cn2)C[C@@H](C)N1C(=O)O. The van der Waals surface area contributed by atoms with Gasteiger partial charge in [0, 0.05) is 13.1 Å². The molecule has 1 aromatic rings. The maximum absolute atomic E-state index is 12.4. The lowest BCUT2D eigenvalue weighted by atomic mass is 10.1. The van der Waals surface area contributed by atoms with Crippen molar-refractivity contribution in [1.29, 1.82) is 0 Å². The smallest absolute Gasteiger partial charge is 0.434 e. The van der Waals surface area contributed by atoms with Crippen molar-refractivity contribution in [2.75, 3.05) is 18.0 Å². The number of rotatable bonds is 1. The number of nitrogens with zero attached hydrogens (tertiary/aromatic N) is 4. The van der Waals surface area contributed by atoms with Crippen molar-refractivity contribution in [3.8, 4) is 0 Å². The van der Waals surface area contributed by atoms with Crippen molar-refractivity contribution in [3.63, 3.8) is 0 Å². The van der Waals surface area contributed by atoms with Crippen molar-refractivity contribution in [2.45, 2.75) is 32.1 Å². The summed E-state index contributed by atoms with van der Waals surface area (Å²) in [5, 5.41) is 9.12. The van der Waals surface area contributed by atoms with Gasteiger partial charge >= 0.3 is 12.3 Å². The van der Waals surface area contributed by atoms with Crippen LogP contribution >= 0.6 is 0 Å². The summed E-state index contributed by atoms with van der Waals surface area (Å²) in [6, 6.07) is -0.564. The van der Waals surface area contributed by atoms with Crippen molar-refractivity contribution < 1.29 is 23.1 Å². The lowest BCUT2D eigenvalue weighted by Crippen LogP contribution is -2.58. The molecule has 1 saturated heterocycles. The summed E-state index contributed by atoms with van der Waals surface area (Å²) >= 11 is 0. The molecule has 2 atom stereocenters. The molecule has 2 heterocycles. The van der Waals surface area contributed by atoms with Gasteiger partial charge in [-0.15, -0.1) is 0 Å². The van der Waals surface area contributed by atoms with E-state index in [2.05, 4.69) is 9.97 Å². The van der Waals surface area contributed by atoms with Crippen molar-refractivity contribution >= 4 is 11.9 Å². The van der Waals surface area contributed by atoms with Crippen LogP contribution < -0.4 is 4.90 Å². The average molecular weight is 304 g/mol. The van der Waals surface area contributed by atoms with E-state index < -0.39 is 18.0 Å². The Kier molecular flexibility index (Phi) is 3.93. The Hall–Kier alpha value is -2.06. The number of aromatic nitrogens is 2. The summed E-state index contributed by atoms with van der Waals surface area (Å²) < 4.78 is 37.3. The summed E-state index contributed by atoms with van der Waals surface area (Å²) in [5.74, 6) is 0.312. The minimum atomic E-state index is -4.52. The number of piperazine rings is 1. The summed E-state index contributed by atoms with van der Waals surface area (Å²) in [6.45, 7) is 4.20. The third-order valence-corrected chi connectivity index (χ3v) is 3.39. The van der Waals surface area contributed by atoms with Gasteiger partial charge in [-0.25, -0.2) is 14.8 Å². The largest absolute Gasteiger partial charge is 0.465 e. The van der Waals surface area contributed by atoms with Gasteiger partial charge in [-0.3, -0.25) is 4.90 Å². The molecule has 0 aliphatic carbocycles. The van der Waals surface area contributed by atoms with Gasteiger partial charge in [0.15, 0.2) is 5.69 Å². The van der Waals surface area contributed by atoms with Crippen LogP contribution in [0.2, 0.25) is 0 Å². The third kappa shape index (κ3) is 3.17. The van der Waals surface area contributed by atoms with Gasteiger partial charge in [-0.2, -0.15) is 13.2 Å². The van der Waals surface area contributed by atoms with Gasteiger partial charge < -0.3 is 10.0 Å². The summed E-state index contributed by atoms with van der Waals surface area (Å²) in [5.41, 5.74) is -1.04. The Morgan fingerprint density at radius 2 is 1.81 bits per heavy atom. The topological polar surface area (TPSA) is 69.6 Å². The summed E-state index contributed by atoms with van der Waals surface area (Å²) in [4.78, 5) is 21.3. The second kappa shape index (κ2) is 5.38. The van der Waals surface area contributed by atoms with Gasteiger partial charge in [-0.05, 0) is 13.8 Å². The predicted molar refractivity (Wildman–Crippen MR) is 68.0 cm³/mol. The Morgan fingerprint density at radius 1 is 1.24 bits per heavy atom. The zero-order valence-corrected chi connectivity index (χ0v) is 11.5. The Balaban J connectivity index is 2.15. The van der Waals surface area contributed by atoms with Crippen LogP contribution in [0.4, 0.5) is 23.8 Å². The van der Waals surface area contributed by atoms with E-state index >= 15 is 0 Å². The first-order valence-electron chi connectivity index (χ1n) is 6.35. The highest BCUT2D eigenvalue weighted by Gasteiger charge is 2.35. The average Bonchev–Trinajstić information content (AvgIpc) is 2.36. The quantitative estimate of drug-likeness (QED) is 0.860. The zero-order valence-electron chi connectivity index (χ0n) is 11.5. The van der Waals surface area contributed by atoms with Crippen LogP contribution in [0.25, 0.3) is 0 Å². The van der Waals surface area contributed by atoms with E-state index in [0.29, 0.717) is 25.1 Å². The maximum Gasteiger partial charge on any atom is 0.434 e. The molecule has 116 valence electrons. The van der Waals surface area contributed by atoms with Crippen molar-refractivity contribution in [1.82, 2.24) is 14.9 Å². The van der Waals surface area contributed by atoms with Gasteiger partial charge in [0.25, 0.3) is 0 Å². The predicted octanol–water partition coefficient (Wildman–Crippen LogP) is 2.07. The molecule has 0 aromatic carbocycles. The first-order valence-corrected chi connectivity index (χ1v) is 6.35. The molecular formula is C12H15F3N4O2. The van der Waals surface area contributed by atoms with Crippen molar-refractivity contribution in [2.24, 2.45) is 0 Å². The fourth-order valence-corrected chi connectivity index (χ4v) is 2.52. The van der Waals surface area contributed by atoms with Gasteiger partial charge in [0.1, 0.15) is 5.82 Å². The van der Waals surface area contributed by atoms with E-state index in [9.17, 15) is 18.0 Å². The summed E-state index contributed by atoms with van der Waals surface area (Å²) in [7, 11) is 0. The van der Waals surface area contributed by atoms with E-state index in [0.717, 1.165) is 6.20 Å². The van der Waals surface area contributed by atoms with E-state index in [4.69, 9.17) is 5.11 Å². The number of hydrogen-bond acceptors (Lipinski definition) is 4. The van der Waals surface area contributed by atoms with Gasteiger partial charge in [0.05, 0.1) is 24.5 Å². The van der Waals surface area contributed by atoms with E-state index in [1.807, 2.05) is 0 Å². The standard InChI is InChI=1S/C12H15F3N4O2/c1-7-5-18(6-8(2)19(7)11(20)21)10-4-16-9(3-17-10)12(13,14)15/h3-4,7-8H,5-6H2,1-2H3,(H,20,21)/t7-,8-/m1/s1. The molecule has 2 rings (SSSR count). The van der Waals surface area contributed by atoms with Crippen LogP contribution in [0.5, 0.6) is 0 Å². The highest BCUT2D eigenvalue weighted by Crippen LogP contribution is 2.28. The van der Waals surface area contributed by atoms with E-state index in [1.165, 1.54) is 4.90 Å². The first kappa shape index (κ1) is 15.3. The number of hydrogen-bond donors (Lipinski definition) is 1. The van der Waals surface area contributed by atoms with Gasteiger partial charge in [-0.1, -0.05) is 0 Å². The normalized spacial score (nSPS) is 23.3. The number of carbonyl (C=O) groups is 1. The number of alkyl halides is 3. The monoisotopic (exact) mass is 304 g/mol. The molecule has 1 fully saturated rings. The molecule has 1 aliphatic rings. The molecule has 0 spiro atoms. The number of carboxylic acid groups (broad SMARTS) is 1. The third-order valence-electron chi connectivity index (χ3n) is 3.39. The Morgan fingerprint density at radius 3 is 2.19 bits per heavy atom. The highest BCUT2D eigenvalue weighted by molar-refractivity contribution is 5.66. The van der Waals surface area contributed by atoms with Crippen LogP contribution in [-0.2, 0) is 6.18 Å². The molecule has 0 unspecified atom stereocenters. The van der Waals surface area contributed by atoms with Crippen LogP contribution in [0.3, 0.4) is 0 Å². The minimum Gasteiger partial charge on any atom is -0.465 e. The Bertz CT molecular complexity index is 508. The fraction of sp³-hybridized carbons (Fsp3) is 0.583. The lowest BCUT2D eigenvalue weighted by Gasteiger charge is -2.43. The van der Waals surface area contributed by atoms with Gasteiger partial charge in [0.2, 0.25) is 0 Å². The number of amides is 1. The first-order chi connectivity index (χ1) is 9.70. The molecule has 21 heavy (non-hydrogen) atoms. The second-order valence-electron chi connectivity index (χ2n) is 5.05.